The molecule has 33 heavy (non-hydrogen) atoms. The van der Waals surface area contributed by atoms with Crippen molar-refractivity contribution in [1.29, 1.82) is 0 Å². The minimum Gasteiger partial charge on any atom is -0.367 e. The van der Waals surface area contributed by atoms with Gasteiger partial charge in [0.25, 0.3) is 11.8 Å². The molecule has 1 N–H and O–H groups in total. The Balaban J connectivity index is 1.32. The number of nitrogens with zero attached hydrogens (tertiary/aromatic N) is 3. The van der Waals surface area contributed by atoms with Crippen LogP contribution < -0.4 is 10.2 Å². The van der Waals surface area contributed by atoms with Crippen molar-refractivity contribution in [2.75, 3.05) is 31.1 Å². The van der Waals surface area contributed by atoms with E-state index in [1.54, 1.807) is 0 Å². The predicted molar refractivity (Wildman–Crippen MR) is 117 cm³/mol. The Morgan fingerprint density at radius 2 is 1.58 bits per heavy atom. The van der Waals surface area contributed by atoms with E-state index in [4.69, 9.17) is 0 Å². The number of fused-ring (bicyclic) bond motifs is 1. The number of carbonyl (C=O) groups excluding carboxylic acids is 4. The number of halogens is 1. The van der Waals surface area contributed by atoms with Crippen molar-refractivity contribution >= 4 is 29.3 Å². The van der Waals surface area contributed by atoms with Crippen LogP contribution in [0.1, 0.15) is 39.1 Å². The Hall–Kier alpha value is -3.59. The summed E-state index contributed by atoms with van der Waals surface area (Å²) in [7, 11) is 0. The van der Waals surface area contributed by atoms with Crippen molar-refractivity contribution in [3.63, 3.8) is 0 Å². The summed E-state index contributed by atoms with van der Waals surface area (Å²) in [5, 5.41) is 2.16. The second kappa shape index (κ2) is 8.40. The highest BCUT2D eigenvalue weighted by Gasteiger charge is 2.45. The number of benzene rings is 2. The Labute approximate surface area is 189 Å². The van der Waals surface area contributed by atoms with Gasteiger partial charge in [0, 0.05) is 39.1 Å². The van der Waals surface area contributed by atoms with Crippen molar-refractivity contribution in [3.05, 3.63) is 65.0 Å². The van der Waals surface area contributed by atoms with E-state index >= 15 is 4.39 Å². The summed E-state index contributed by atoms with van der Waals surface area (Å²) in [4.78, 5) is 54.5. The number of amides is 4. The third-order valence-electron chi connectivity index (χ3n) is 6.47. The highest BCUT2D eigenvalue weighted by molar-refractivity contribution is 6.23. The molecular formula is C24H23FN4O4. The standard InChI is InChI=1S/C24H23FN4O4/c25-18-12-16-17(24(33)29(23(16)32)19-6-7-21(30)26-22(19)31)13-20(18)28-10-8-27(9-11-28)14-15-4-2-1-3-5-15/h1-5,12-13,19H,6-11,14H2,(H,26,30,31). The second-order valence-electron chi connectivity index (χ2n) is 8.55. The van der Waals surface area contributed by atoms with Crippen LogP contribution in [0.5, 0.6) is 0 Å². The lowest BCUT2D eigenvalue weighted by molar-refractivity contribution is -0.136. The molecule has 170 valence electrons. The maximum atomic E-state index is 15.0. The van der Waals surface area contributed by atoms with Crippen molar-refractivity contribution < 1.29 is 23.6 Å². The summed E-state index contributed by atoms with van der Waals surface area (Å²) in [5.41, 5.74) is 1.54. The van der Waals surface area contributed by atoms with Crippen LogP contribution in [0.15, 0.2) is 42.5 Å². The van der Waals surface area contributed by atoms with E-state index in [1.807, 2.05) is 23.1 Å². The molecule has 9 heteroatoms. The number of nitrogens with one attached hydrogen (secondary N) is 1. The van der Waals surface area contributed by atoms with Gasteiger partial charge in [-0.15, -0.1) is 0 Å². The molecule has 1 unspecified atom stereocenters. The maximum Gasteiger partial charge on any atom is 0.262 e. The van der Waals surface area contributed by atoms with Gasteiger partial charge >= 0.3 is 0 Å². The van der Waals surface area contributed by atoms with Crippen LogP contribution in [0.25, 0.3) is 0 Å². The molecule has 4 amide bonds. The summed E-state index contributed by atoms with van der Waals surface area (Å²) in [5.74, 6) is -3.03. The Kier molecular flexibility index (Phi) is 5.41. The molecule has 0 saturated carbocycles. The SMILES string of the molecule is O=C1CCC(N2C(=O)c3cc(F)c(N4CCN(Cc5ccccc5)CC4)cc3C2=O)C(=O)N1. The molecule has 0 bridgehead atoms. The minimum absolute atomic E-state index is 0.0384. The van der Waals surface area contributed by atoms with Crippen LogP contribution >= 0.6 is 0 Å². The number of hydrogen-bond donors (Lipinski definition) is 1. The Morgan fingerprint density at radius 1 is 0.909 bits per heavy atom. The Morgan fingerprint density at radius 3 is 2.24 bits per heavy atom. The lowest BCUT2D eigenvalue weighted by atomic mass is 10.0. The number of anilines is 1. The summed E-state index contributed by atoms with van der Waals surface area (Å²) < 4.78 is 15.0. The zero-order chi connectivity index (χ0) is 23.1. The molecule has 8 nitrogen and oxygen atoms in total. The van der Waals surface area contributed by atoms with Gasteiger partial charge in [-0.3, -0.25) is 34.3 Å². The zero-order valence-electron chi connectivity index (χ0n) is 17.9. The molecule has 2 aromatic carbocycles. The van der Waals surface area contributed by atoms with Crippen molar-refractivity contribution in [1.82, 2.24) is 15.1 Å². The number of piperazine rings is 1. The first kappa shape index (κ1) is 21.3. The van der Waals surface area contributed by atoms with E-state index in [2.05, 4.69) is 22.3 Å². The third kappa shape index (κ3) is 3.89. The quantitative estimate of drug-likeness (QED) is 0.711. The molecule has 0 spiro atoms. The van der Waals surface area contributed by atoms with E-state index in [9.17, 15) is 19.2 Å². The van der Waals surface area contributed by atoms with Gasteiger partial charge < -0.3 is 4.90 Å². The highest BCUT2D eigenvalue weighted by atomic mass is 19.1. The van der Waals surface area contributed by atoms with Gasteiger partial charge in [-0.1, -0.05) is 30.3 Å². The molecule has 2 aromatic rings. The van der Waals surface area contributed by atoms with Gasteiger partial charge in [-0.05, 0) is 24.1 Å². The fourth-order valence-electron chi connectivity index (χ4n) is 4.71. The third-order valence-corrected chi connectivity index (χ3v) is 6.47. The van der Waals surface area contributed by atoms with Gasteiger partial charge in [0.2, 0.25) is 11.8 Å². The van der Waals surface area contributed by atoms with E-state index in [0.717, 1.165) is 30.6 Å². The second-order valence-corrected chi connectivity index (χ2v) is 8.55. The molecular weight excluding hydrogens is 427 g/mol. The first-order valence-corrected chi connectivity index (χ1v) is 11.0. The predicted octanol–water partition coefficient (Wildman–Crippen LogP) is 1.55. The van der Waals surface area contributed by atoms with Crippen LogP contribution in [-0.2, 0) is 16.1 Å². The molecule has 2 saturated heterocycles. The smallest absolute Gasteiger partial charge is 0.262 e. The summed E-state index contributed by atoms with van der Waals surface area (Å²) in [6.45, 7) is 3.46. The molecule has 3 aliphatic heterocycles. The van der Waals surface area contributed by atoms with E-state index in [0.29, 0.717) is 13.1 Å². The van der Waals surface area contributed by atoms with Crippen LogP contribution in [-0.4, -0.2) is 65.6 Å². The van der Waals surface area contributed by atoms with E-state index < -0.39 is 35.5 Å². The van der Waals surface area contributed by atoms with Crippen LogP contribution in [0, 0.1) is 5.82 Å². The van der Waals surface area contributed by atoms with Gasteiger partial charge in [-0.2, -0.15) is 0 Å². The van der Waals surface area contributed by atoms with Crippen molar-refractivity contribution in [3.8, 4) is 0 Å². The molecule has 5 rings (SSSR count). The van der Waals surface area contributed by atoms with Gasteiger partial charge in [0.15, 0.2) is 0 Å². The maximum absolute atomic E-state index is 15.0. The normalized spacial score (nSPS) is 21.4. The summed E-state index contributed by atoms with van der Waals surface area (Å²) >= 11 is 0. The first-order chi connectivity index (χ1) is 15.9. The van der Waals surface area contributed by atoms with Crippen LogP contribution in [0.3, 0.4) is 0 Å². The average molecular weight is 450 g/mol. The van der Waals surface area contributed by atoms with Gasteiger partial charge in [0.1, 0.15) is 11.9 Å². The van der Waals surface area contributed by atoms with Crippen LogP contribution in [0.4, 0.5) is 10.1 Å². The average Bonchev–Trinajstić information content (AvgIpc) is 3.04. The summed E-state index contributed by atoms with van der Waals surface area (Å²) in [6, 6.07) is 11.6. The number of imide groups is 2. The lowest BCUT2D eigenvalue weighted by Crippen LogP contribution is -2.54. The van der Waals surface area contributed by atoms with Crippen LogP contribution in [0.2, 0.25) is 0 Å². The highest BCUT2D eigenvalue weighted by Crippen LogP contribution is 2.33. The number of carbonyl (C=O) groups is 4. The van der Waals surface area contributed by atoms with E-state index in [1.165, 1.54) is 11.6 Å². The molecule has 3 aliphatic rings. The fraction of sp³-hybridized carbons (Fsp3) is 0.333. The summed E-state index contributed by atoms with van der Waals surface area (Å²) in [6.07, 6.45) is 0.103. The van der Waals surface area contributed by atoms with Crippen molar-refractivity contribution in [2.45, 2.75) is 25.4 Å². The minimum atomic E-state index is -1.07. The monoisotopic (exact) mass is 450 g/mol. The topological polar surface area (TPSA) is 90.0 Å². The van der Waals surface area contributed by atoms with Gasteiger partial charge in [0.05, 0.1) is 16.8 Å². The van der Waals surface area contributed by atoms with E-state index in [-0.39, 0.29) is 29.7 Å². The number of hydrogen-bond acceptors (Lipinski definition) is 6. The lowest BCUT2D eigenvalue weighted by Gasteiger charge is -2.36. The molecule has 0 aliphatic carbocycles. The van der Waals surface area contributed by atoms with Crippen molar-refractivity contribution in [2.24, 2.45) is 0 Å². The molecule has 0 aromatic heterocycles. The number of piperidine rings is 1. The molecule has 1 atom stereocenters. The largest absolute Gasteiger partial charge is 0.367 e. The molecule has 3 heterocycles. The first-order valence-electron chi connectivity index (χ1n) is 11.0. The molecule has 2 fully saturated rings. The fourth-order valence-corrected chi connectivity index (χ4v) is 4.71. The zero-order valence-corrected chi connectivity index (χ0v) is 17.9. The molecule has 0 radical (unpaired) electrons. The number of rotatable bonds is 4. The Bertz CT molecular complexity index is 1140. The van der Waals surface area contributed by atoms with Gasteiger partial charge in [-0.25, -0.2) is 4.39 Å².